The van der Waals surface area contributed by atoms with Crippen LogP contribution in [0.15, 0.2) is 0 Å². The first-order chi connectivity index (χ1) is 13.7. The van der Waals surface area contributed by atoms with Gasteiger partial charge >= 0.3 is 0 Å². The molecule has 0 radical (unpaired) electrons. The lowest BCUT2D eigenvalue weighted by molar-refractivity contribution is -0.155. The minimum absolute atomic E-state index is 0.0132. The number of hydrogen-bond donors (Lipinski definition) is 1. The van der Waals surface area contributed by atoms with Crippen molar-refractivity contribution >= 4 is 17.7 Å². The van der Waals surface area contributed by atoms with Gasteiger partial charge in [0.25, 0.3) is 0 Å². The van der Waals surface area contributed by atoms with Crippen LogP contribution in [0, 0.1) is 28.6 Å². The maximum Gasteiger partial charge on any atom is 0.228 e. The molecule has 6 heteroatoms. The fourth-order valence-corrected chi connectivity index (χ4v) is 4.86. The smallest absolute Gasteiger partial charge is 0.228 e. The predicted molar refractivity (Wildman–Crippen MR) is 122 cm³/mol. The van der Waals surface area contributed by atoms with Crippen LogP contribution in [0.4, 0.5) is 0 Å². The van der Waals surface area contributed by atoms with Crippen molar-refractivity contribution in [3.63, 3.8) is 0 Å². The first kappa shape index (κ1) is 26.4. The molecule has 0 aromatic rings. The molecule has 30 heavy (non-hydrogen) atoms. The maximum absolute atomic E-state index is 13.5. The molecule has 0 saturated carbocycles. The van der Waals surface area contributed by atoms with Crippen molar-refractivity contribution in [3.05, 3.63) is 0 Å². The molecule has 1 rings (SSSR count). The van der Waals surface area contributed by atoms with E-state index >= 15 is 0 Å². The molecule has 1 aliphatic rings. The molecule has 1 heterocycles. The van der Waals surface area contributed by atoms with Crippen molar-refractivity contribution in [2.75, 3.05) is 27.2 Å². The highest BCUT2D eigenvalue weighted by Crippen LogP contribution is 2.48. The van der Waals surface area contributed by atoms with Crippen LogP contribution in [0.25, 0.3) is 0 Å². The molecule has 6 nitrogen and oxygen atoms in total. The zero-order valence-electron chi connectivity index (χ0n) is 21.0. The second kappa shape index (κ2) is 10.1. The quantitative estimate of drug-likeness (QED) is 0.649. The van der Waals surface area contributed by atoms with Crippen LogP contribution in [0.5, 0.6) is 0 Å². The van der Waals surface area contributed by atoms with Gasteiger partial charge < -0.3 is 15.1 Å². The maximum atomic E-state index is 13.5. The van der Waals surface area contributed by atoms with Crippen molar-refractivity contribution in [1.82, 2.24) is 15.1 Å². The average Bonchev–Trinajstić information content (AvgIpc) is 2.70. The summed E-state index contributed by atoms with van der Waals surface area (Å²) < 4.78 is 0. The summed E-state index contributed by atoms with van der Waals surface area (Å²) >= 11 is 0. The van der Waals surface area contributed by atoms with Gasteiger partial charge in [-0.15, -0.1) is 0 Å². The number of piperidine rings is 1. The monoisotopic (exact) mass is 423 g/mol. The van der Waals surface area contributed by atoms with Gasteiger partial charge in [0.05, 0.1) is 5.41 Å². The number of nitrogens with one attached hydrogen (secondary N) is 1. The summed E-state index contributed by atoms with van der Waals surface area (Å²) in [5, 5.41) is 3.07. The van der Waals surface area contributed by atoms with Gasteiger partial charge in [-0.2, -0.15) is 0 Å². The third-order valence-corrected chi connectivity index (χ3v) is 7.60. The molecule has 0 aliphatic carbocycles. The van der Waals surface area contributed by atoms with Crippen molar-refractivity contribution < 1.29 is 14.4 Å². The largest absolute Gasteiger partial charge is 0.353 e. The van der Waals surface area contributed by atoms with Crippen LogP contribution in [0.1, 0.15) is 74.7 Å². The topological polar surface area (TPSA) is 69.7 Å². The minimum atomic E-state index is -0.885. The summed E-state index contributed by atoms with van der Waals surface area (Å²) in [6.45, 7) is 17.1. The molecule has 0 aromatic heterocycles. The number of amides is 3. The number of carbonyl (C=O) groups is 3. The molecule has 1 aliphatic heterocycles. The van der Waals surface area contributed by atoms with Crippen LogP contribution in [-0.4, -0.2) is 60.7 Å². The highest BCUT2D eigenvalue weighted by Gasteiger charge is 2.54. The molecule has 4 atom stereocenters. The first-order valence-electron chi connectivity index (χ1n) is 11.5. The molecule has 174 valence electrons. The third-order valence-electron chi connectivity index (χ3n) is 7.60. The Labute approximate surface area is 184 Å². The van der Waals surface area contributed by atoms with Crippen LogP contribution >= 0.6 is 0 Å². The Kier molecular flexibility index (Phi) is 8.94. The Morgan fingerprint density at radius 2 is 1.40 bits per heavy atom. The van der Waals surface area contributed by atoms with Gasteiger partial charge in [0.2, 0.25) is 17.7 Å². The lowest BCUT2D eigenvalue weighted by Gasteiger charge is -2.48. The number of carbonyl (C=O) groups excluding carboxylic acids is 3. The van der Waals surface area contributed by atoms with Gasteiger partial charge in [-0.1, -0.05) is 41.5 Å². The Balaban J connectivity index is 3.33. The number of rotatable bonds is 8. The van der Waals surface area contributed by atoms with E-state index in [0.717, 1.165) is 25.9 Å². The SMILES string of the molecule is CC(C)NC(=O)C(C)(C(C)C(C)C(=O)N1CCCCC1)C(C)C(C)(C)C(=O)N(C)C. The van der Waals surface area contributed by atoms with E-state index in [1.807, 2.05) is 60.3 Å². The highest BCUT2D eigenvalue weighted by molar-refractivity contribution is 5.88. The molecule has 1 saturated heterocycles. The van der Waals surface area contributed by atoms with Crippen molar-refractivity contribution in [2.45, 2.75) is 80.7 Å². The second-order valence-corrected chi connectivity index (χ2v) is 10.5. The van der Waals surface area contributed by atoms with E-state index in [-0.39, 0.29) is 41.5 Å². The Hall–Kier alpha value is -1.59. The van der Waals surface area contributed by atoms with E-state index in [0.29, 0.717) is 0 Å². The second-order valence-electron chi connectivity index (χ2n) is 10.5. The van der Waals surface area contributed by atoms with Crippen LogP contribution < -0.4 is 5.32 Å². The third kappa shape index (κ3) is 5.36. The fraction of sp³-hybridized carbons (Fsp3) is 0.875. The van der Waals surface area contributed by atoms with E-state index < -0.39 is 10.8 Å². The molecule has 1 N–H and O–H groups in total. The minimum Gasteiger partial charge on any atom is -0.353 e. The summed E-state index contributed by atoms with van der Waals surface area (Å²) in [6.07, 6.45) is 3.25. The summed E-state index contributed by atoms with van der Waals surface area (Å²) in [7, 11) is 3.49. The predicted octanol–water partition coefficient (Wildman–Crippen LogP) is 3.55. The molecule has 3 amide bonds. The van der Waals surface area contributed by atoms with Crippen molar-refractivity contribution in [2.24, 2.45) is 28.6 Å². The number of nitrogens with zero attached hydrogens (tertiary/aromatic N) is 2. The van der Waals surface area contributed by atoms with E-state index in [4.69, 9.17) is 0 Å². The van der Waals surface area contributed by atoms with Gasteiger partial charge in [-0.3, -0.25) is 14.4 Å². The average molecular weight is 424 g/mol. The summed E-state index contributed by atoms with van der Waals surface area (Å²) in [5.41, 5.74) is -1.64. The van der Waals surface area contributed by atoms with Gasteiger partial charge in [-0.05, 0) is 44.9 Å². The Morgan fingerprint density at radius 3 is 1.83 bits per heavy atom. The number of hydrogen-bond acceptors (Lipinski definition) is 3. The standard InChI is InChI=1S/C24H45N3O3/c1-16(2)25-21(29)24(8,19(5)23(6,7)22(30)26(9)10)18(4)17(3)20(28)27-14-12-11-13-15-27/h16-19H,11-15H2,1-10H3,(H,25,29). The van der Waals surface area contributed by atoms with Crippen LogP contribution in [0.2, 0.25) is 0 Å². The van der Waals surface area contributed by atoms with E-state index in [9.17, 15) is 14.4 Å². The van der Waals surface area contributed by atoms with Gasteiger partial charge in [0, 0.05) is 44.6 Å². The Bertz CT molecular complexity index is 623. The molecule has 0 aromatic carbocycles. The highest BCUT2D eigenvalue weighted by atomic mass is 16.2. The fourth-order valence-electron chi connectivity index (χ4n) is 4.86. The zero-order chi connectivity index (χ0) is 23.4. The van der Waals surface area contributed by atoms with Crippen molar-refractivity contribution in [1.29, 1.82) is 0 Å². The van der Waals surface area contributed by atoms with E-state index in [1.54, 1.807) is 19.0 Å². The molecule has 0 spiro atoms. The Morgan fingerprint density at radius 1 is 0.900 bits per heavy atom. The van der Waals surface area contributed by atoms with Crippen molar-refractivity contribution in [3.8, 4) is 0 Å². The van der Waals surface area contributed by atoms with E-state index in [1.165, 1.54) is 6.42 Å². The zero-order valence-corrected chi connectivity index (χ0v) is 21.0. The summed E-state index contributed by atoms with van der Waals surface area (Å²) in [4.78, 5) is 43.3. The van der Waals surface area contributed by atoms with E-state index in [2.05, 4.69) is 5.32 Å². The number of likely N-dealkylation sites (tertiary alicyclic amines) is 1. The first-order valence-corrected chi connectivity index (χ1v) is 11.5. The lowest BCUT2D eigenvalue weighted by atomic mass is 9.56. The molecule has 4 unspecified atom stereocenters. The summed E-state index contributed by atoms with van der Waals surface area (Å²) in [6, 6.07) is -0.0167. The molecule has 1 fully saturated rings. The molecule has 0 bridgehead atoms. The van der Waals surface area contributed by atoms with Gasteiger partial charge in [-0.25, -0.2) is 0 Å². The van der Waals surface area contributed by atoms with Gasteiger partial charge in [0.15, 0.2) is 0 Å². The molecular formula is C24H45N3O3. The van der Waals surface area contributed by atoms with Gasteiger partial charge in [0.1, 0.15) is 0 Å². The van der Waals surface area contributed by atoms with Crippen LogP contribution in [-0.2, 0) is 14.4 Å². The lowest BCUT2D eigenvalue weighted by Crippen LogP contribution is -2.57. The summed E-state index contributed by atoms with van der Waals surface area (Å²) in [5.74, 6) is -0.787. The normalized spacial score (nSPS) is 20.2. The van der Waals surface area contributed by atoms with Crippen LogP contribution in [0.3, 0.4) is 0 Å². The molecular weight excluding hydrogens is 378 g/mol.